The van der Waals surface area contributed by atoms with Gasteiger partial charge in [-0.15, -0.1) is 0 Å². The zero-order valence-corrected chi connectivity index (χ0v) is 16.1. The maximum atomic E-state index is 12.9. The van der Waals surface area contributed by atoms with E-state index in [9.17, 15) is 19.2 Å². The number of benzene rings is 2. The Balaban J connectivity index is 1.61. The summed E-state index contributed by atoms with van der Waals surface area (Å²) in [5, 5.41) is 7.26. The number of nitrogens with one attached hydrogen (secondary N) is 1. The molecule has 0 aromatic heterocycles. The number of halogens is 1. The molecule has 2 aromatic rings. The van der Waals surface area contributed by atoms with E-state index in [1.165, 1.54) is 12.1 Å². The van der Waals surface area contributed by atoms with E-state index in [-0.39, 0.29) is 16.2 Å². The van der Waals surface area contributed by atoms with Crippen LogP contribution >= 0.6 is 23.8 Å². The summed E-state index contributed by atoms with van der Waals surface area (Å²) >= 11 is 11.0. The second kappa shape index (κ2) is 7.19. The highest BCUT2D eigenvalue weighted by Gasteiger charge is 2.40. The van der Waals surface area contributed by atoms with Crippen molar-refractivity contribution in [2.45, 2.75) is 0 Å². The third kappa shape index (κ3) is 3.20. The van der Waals surface area contributed by atoms with E-state index >= 15 is 0 Å². The number of carbonyl (C=O) groups excluding carboxylic acids is 4. The van der Waals surface area contributed by atoms with Gasteiger partial charge in [0, 0.05) is 11.2 Å². The first-order valence-corrected chi connectivity index (χ1v) is 9.13. The van der Waals surface area contributed by atoms with Crippen LogP contribution in [0.25, 0.3) is 0 Å². The van der Waals surface area contributed by atoms with Crippen LogP contribution in [-0.4, -0.2) is 40.0 Å². The summed E-state index contributed by atoms with van der Waals surface area (Å²) in [6.07, 6.45) is 0.962. The molecule has 0 radical (unpaired) electrons. The standard InChI is InChI=1S/C19H11ClN4O4S/c20-10-5-7-11(8-6-10)23-16(26)14(15(25)22-19(23)29)9-21-24-17(27)12-3-1-2-4-13(12)18(24)28/h1-9,14H,(H,22,25,29)/b21-9-/t14-/m0/s1. The van der Waals surface area contributed by atoms with Gasteiger partial charge in [0.05, 0.1) is 16.8 Å². The van der Waals surface area contributed by atoms with Crippen molar-refractivity contribution >= 4 is 64.5 Å². The third-order valence-corrected chi connectivity index (χ3v) is 4.93. The molecular weight excluding hydrogens is 416 g/mol. The summed E-state index contributed by atoms with van der Waals surface area (Å²) in [6, 6.07) is 12.6. The number of hydrogen-bond donors (Lipinski definition) is 1. The lowest BCUT2D eigenvalue weighted by Crippen LogP contribution is -2.58. The summed E-state index contributed by atoms with van der Waals surface area (Å²) < 4.78 is 0. The molecule has 0 aliphatic carbocycles. The first-order valence-electron chi connectivity index (χ1n) is 8.35. The molecule has 1 N–H and O–H groups in total. The van der Waals surface area contributed by atoms with Crippen LogP contribution in [0.4, 0.5) is 5.69 Å². The normalized spacial score (nSPS) is 19.2. The maximum absolute atomic E-state index is 12.9. The zero-order valence-electron chi connectivity index (χ0n) is 14.5. The summed E-state index contributed by atoms with van der Waals surface area (Å²) in [7, 11) is 0. The maximum Gasteiger partial charge on any atom is 0.282 e. The van der Waals surface area contributed by atoms with Crippen LogP contribution < -0.4 is 10.2 Å². The lowest BCUT2D eigenvalue weighted by Gasteiger charge is -2.30. The average Bonchev–Trinajstić information content (AvgIpc) is 2.94. The first kappa shape index (κ1) is 18.9. The molecule has 0 spiro atoms. The highest BCUT2D eigenvalue weighted by Crippen LogP contribution is 2.24. The molecule has 2 aromatic carbocycles. The van der Waals surface area contributed by atoms with E-state index in [1.807, 2.05) is 0 Å². The van der Waals surface area contributed by atoms with Crippen LogP contribution in [-0.2, 0) is 9.59 Å². The van der Waals surface area contributed by atoms with E-state index < -0.39 is 29.5 Å². The van der Waals surface area contributed by atoms with E-state index in [0.717, 1.165) is 11.1 Å². The molecule has 1 atom stereocenters. The molecule has 0 bridgehead atoms. The van der Waals surface area contributed by atoms with Crippen molar-refractivity contribution in [3.8, 4) is 0 Å². The lowest BCUT2D eigenvalue weighted by atomic mass is 10.1. The number of hydrogen-bond acceptors (Lipinski definition) is 6. The number of fused-ring (bicyclic) bond motifs is 1. The Hall–Kier alpha value is -3.43. The van der Waals surface area contributed by atoms with Gasteiger partial charge in [0.1, 0.15) is 0 Å². The summed E-state index contributed by atoms with van der Waals surface area (Å²) in [4.78, 5) is 51.0. The van der Waals surface area contributed by atoms with Crippen molar-refractivity contribution < 1.29 is 19.2 Å². The monoisotopic (exact) mass is 426 g/mol. The molecule has 4 amide bonds. The van der Waals surface area contributed by atoms with Crippen molar-refractivity contribution in [1.29, 1.82) is 0 Å². The van der Waals surface area contributed by atoms with Gasteiger partial charge in [-0.05, 0) is 48.6 Å². The van der Waals surface area contributed by atoms with Gasteiger partial charge in [0.25, 0.3) is 17.7 Å². The molecule has 2 aliphatic rings. The highest BCUT2D eigenvalue weighted by molar-refractivity contribution is 7.80. The number of nitrogens with zero attached hydrogens (tertiary/aromatic N) is 3. The molecule has 2 heterocycles. The van der Waals surface area contributed by atoms with Crippen LogP contribution in [0.5, 0.6) is 0 Å². The van der Waals surface area contributed by atoms with Crippen LogP contribution in [0.3, 0.4) is 0 Å². The van der Waals surface area contributed by atoms with Gasteiger partial charge in [-0.2, -0.15) is 10.1 Å². The Kier molecular flexibility index (Phi) is 4.69. The Morgan fingerprint density at radius 1 is 0.966 bits per heavy atom. The van der Waals surface area contributed by atoms with Crippen molar-refractivity contribution in [3.05, 3.63) is 64.7 Å². The third-order valence-electron chi connectivity index (χ3n) is 4.39. The quantitative estimate of drug-likeness (QED) is 0.350. The molecule has 0 saturated carbocycles. The van der Waals surface area contributed by atoms with Crippen LogP contribution in [0.1, 0.15) is 20.7 Å². The molecule has 144 valence electrons. The van der Waals surface area contributed by atoms with Crippen LogP contribution in [0.15, 0.2) is 53.6 Å². The summed E-state index contributed by atoms with van der Waals surface area (Å²) in [5.41, 5.74) is 0.819. The SMILES string of the molecule is O=C1NC(=S)N(c2ccc(Cl)cc2)C(=O)[C@H]1/C=N\N1C(=O)c2ccccc2C1=O. The minimum atomic E-state index is -1.37. The van der Waals surface area contributed by atoms with Gasteiger partial charge in [-0.3, -0.25) is 24.1 Å². The van der Waals surface area contributed by atoms with Gasteiger partial charge in [0.15, 0.2) is 11.0 Å². The molecule has 4 rings (SSSR count). The topological polar surface area (TPSA) is 99.2 Å². The molecule has 0 unspecified atom stereocenters. The van der Waals surface area contributed by atoms with Gasteiger partial charge >= 0.3 is 0 Å². The van der Waals surface area contributed by atoms with Crippen molar-refractivity contribution in [2.24, 2.45) is 11.0 Å². The van der Waals surface area contributed by atoms with Gasteiger partial charge in [-0.25, -0.2) is 0 Å². The van der Waals surface area contributed by atoms with Crippen molar-refractivity contribution in [1.82, 2.24) is 10.3 Å². The Morgan fingerprint density at radius 2 is 1.55 bits per heavy atom. The molecule has 1 saturated heterocycles. The number of thiocarbonyl (C=S) groups is 1. The van der Waals surface area contributed by atoms with Gasteiger partial charge < -0.3 is 5.32 Å². The number of anilines is 1. The first-order chi connectivity index (χ1) is 13.9. The fraction of sp³-hybridized carbons (Fsp3) is 0.0526. The Morgan fingerprint density at radius 3 is 2.14 bits per heavy atom. The van der Waals surface area contributed by atoms with Crippen molar-refractivity contribution in [2.75, 3.05) is 4.90 Å². The second-order valence-electron chi connectivity index (χ2n) is 6.15. The molecule has 2 aliphatic heterocycles. The van der Waals surface area contributed by atoms with Crippen LogP contribution in [0.2, 0.25) is 5.02 Å². The predicted octanol–water partition coefficient (Wildman–Crippen LogP) is 1.99. The molecule has 1 fully saturated rings. The summed E-state index contributed by atoms with van der Waals surface area (Å²) in [6.45, 7) is 0. The zero-order chi connectivity index (χ0) is 20.7. The largest absolute Gasteiger partial charge is 0.301 e. The lowest BCUT2D eigenvalue weighted by molar-refractivity contribution is -0.130. The molecule has 10 heteroatoms. The minimum Gasteiger partial charge on any atom is -0.301 e. The average molecular weight is 427 g/mol. The van der Waals surface area contributed by atoms with E-state index in [4.69, 9.17) is 23.8 Å². The van der Waals surface area contributed by atoms with E-state index in [2.05, 4.69) is 10.4 Å². The van der Waals surface area contributed by atoms with E-state index in [0.29, 0.717) is 15.7 Å². The van der Waals surface area contributed by atoms with Crippen molar-refractivity contribution in [3.63, 3.8) is 0 Å². The van der Waals surface area contributed by atoms with E-state index in [1.54, 1.807) is 36.4 Å². The molecular formula is C19H11ClN4O4S. The van der Waals surface area contributed by atoms with Crippen LogP contribution in [0, 0.1) is 5.92 Å². The smallest absolute Gasteiger partial charge is 0.282 e. The predicted molar refractivity (Wildman–Crippen MR) is 109 cm³/mol. The minimum absolute atomic E-state index is 0.0901. The Labute approximate surface area is 174 Å². The number of hydrazone groups is 1. The van der Waals surface area contributed by atoms with Gasteiger partial charge in [0.2, 0.25) is 5.91 Å². The highest BCUT2D eigenvalue weighted by atomic mass is 35.5. The van der Waals surface area contributed by atoms with Gasteiger partial charge in [-0.1, -0.05) is 23.7 Å². The number of imide groups is 1. The second-order valence-corrected chi connectivity index (χ2v) is 6.98. The molecule has 29 heavy (non-hydrogen) atoms. The summed E-state index contributed by atoms with van der Waals surface area (Å²) in [5.74, 6) is -4.00. The number of carbonyl (C=O) groups is 4. The number of rotatable bonds is 3. The molecule has 8 nitrogen and oxygen atoms in total. The fourth-order valence-electron chi connectivity index (χ4n) is 2.97. The Bertz CT molecular complexity index is 1080. The number of amides is 4. The fourth-order valence-corrected chi connectivity index (χ4v) is 3.39.